The fourth-order valence-electron chi connectivity index (χ4n) is 1.33. The first kappa shape index (κ1) is 15.6. The normalized spacial score (nSPS) is 11.5. The molecule has 4 nitrogen and oxygen atoms in total. The highest BCUT2D eigenvalue weighted by atomic mass is 32.2. The Bertz CT molecular complexity index is 384. The van der Waals surface area contributed by atoms with Crippen molar-refractivity contribution in [2.45, 2.75) is 18.7 Å². The van der Waals surface area contributed by atoms with Gasteiger partial charge < -0.3 is 13.8 Å². The number of rotatable bonds is 8. The van der Waals surface area contributed by atoms with E-state index in [2.05, 4.69) is 0 Å². The Labute approximate surface area is 113 Å². The summed E-state index contributed by atoms with van der Waals surface area (Å²) in [5.74, 6) is 0.803. The summed E-state index contributed by atoms with van der Waals surface area (Å²) in [5, 5.41) is 0. The maximum absolute atomic E-state index is 12.2. The van der Waals surface area contributed by atoms with E-state index in [4.69, 9.17) is 13.8 Å². The molecule has 0 atom stereocenters. The summed E-state index contributed by atoms with van der Waals surface area (Å²) in [5.41, 5.74) is 0.320. The highest BCUT2D eigenvalue weighted by Crippen LogP contribution is 2.52. The molecule has 0 aliphatic rings. The van der Waals surface area contributed by atoms with E-state index in [1.807, 2.05) is 38.1 Å². The quantitative estimate of drug-likeness (QED) is 0.534. The molecule has 0 bridgehead atoms. The minimum atomic E-state index is -2.97. The maximum atomic E-state index is 12.2. The summed E-state index contributed by atoms with van der Waals surface area (Å²) in [6.07, 6.45) is 0. The monoisotopic (exact) mass is 290 g/mol. The molecule has 0 saturated carbocycles. The van der Waals surface area contributed by atoms with Gasteiger partial charge in [-0.2, -0.15) is 0 Å². The largest absolute Gasteiger partial charge is 0.497 e. The van der Waals surface area contributed by atoms with Crippen molar-refractivity contribution in [1.29, 1.82) is 0 Å². The molecule has 0 fully saturated rings. The van der Waals surface area contributed by atoms with Gasteiger partial charge in [0.05, 0.1) is 20.3 Å². The first-order valence-corrected chi connectivity index (χ1v) is 8.50. The van der Waals surface area contributed by atoms with Crippen molar-refractivity contribution in [2.75, 3.05) is 25.8 Å². The molecule has 6 heteroatoms. The molecule has 1 rings (SSSR count). The standard InChI is InChI=1S/C12H19O4PS/c1-4-15-17(13,16-5-2)10-18-12-8-6-11(14-3)7-9-12/h6-9H,4-5,10H2,1-3H3. The molecule has 102 valence electrons. The topological polar surface area (TPSA) is 44.8 Å². The van der Waals surface area contributed by atoms with E-state index in [-0.39, 0.29) is 0 Å². The van der Waals surface area contributed by atoms with E-state index >= 15 is 0 Å². The molecule has 18 heavy (non-hydrogen) atoms. The van der Waals surface area contributed by atoms with Crippen molar-refractivity contribution >= 4 is 19.4 Å². The van der Waals surface area contributed by atoms with Crippen LogP contribution < -0.4 is 4.74 Å². The molecule has 1 aromatic carbocycles. The molecule has 0 aliphatic heterocycles. The van der Waals surface area contributed by atoms with Gasteiger partial charge in [-0.25, -0.2) is 0 Å². The fourth-order valence-corrected chi connectivity index (χ4v) is 4.35. The third-order valence-corrected chi connectivity index (χ3v) is 5.79. The van der Waals surface area contributed by atoms with Crippen molar-refractivity contribution in [1.82, 2.24) is 0 Å². The second-order valence-corrected chi connectivity index (χ2v) is 6.93. The Balaban J connectivity index is 2.58. The lowest BCUT2D eigenvalue weighted by Crippen LogP contribution is -1.97. The highest BCUT2D eigenvalue weighted by Gasteiger charge is 2.23. The average Bonchev–Trinajstić information content (AvgIpc) is 2.38. The van der Waals surface area contributed by atoms with Crippen LogP contribution in [0, 0.1) is 0 Å². The van der Waals surface area contributed by atoms with Crippen LogP contribution in [-0.4, -0.2) is 25.8 Å². The van der Waals surface area contributed by atoms with Gasteiger partial charge in [-0.1, -0.05) is 0 Å². The van der Waals surface area contributed by atoms with Gasteiger partial charge in [0.15, 0.2) is 0 Å². The van der Waals surface area contributed by atoms with Crippen LogP contribution in [0.2, 0.25) is 0 Å². The van der Waals surface area contributed by atoms with Gasteiger partial charge in [-0.3, -0.25) is 4.57 Å². The van der Waals surface area contributed by atoms with Crippen molar-refractivity contribution in [3.63, 3.8) is 0 Å². The zero-order chi connectivity index (χ0) is 13.4. The first-order chi connectivity index (χ1) is 8.63. The van der Waals surface area contributed by atoms with Crippen LogP contribution in [0.5, 0.6) is 5.75 Å². The number of thioether (sulfide) groups is 1. The van der Waals surface area contributed by atoms with Gasteiger partial charge in [0, 0.05) is 4.90 Å². The number of ether oxygens (including phenoxy) is 1. The fraction of sp³-hybridized carbons (Fsp3) is 0.500. The van der Waals surface area contributed by atoms with Crippen molar-refractivity contribution in [3.05, 3.63) is 24.3 Å². The Morgan fingerprint density at radius 1 is 1.11 bits per heavy atom. The van der Waals surface area contributed by atoms with Crippen molar-refractivity contribution in [3.8, 4) is 5.75 Å². The summed E-state index contributed by atoms with van der Waals surface area (Å²) >= 11 is 1.46. The molecule has 0 radical (unpaired) electrons. The third kappa shape index (κ3) is 5.02. The zero-order valence-corrected chi connectivity index (χ0v) is 12.6. The number of methoxy groups -OCH3 is 1. The Kier molecular flexibility index (Phi) is 6.79. The molecule has 0 N–H and O–H groups in total. The van der Waals surface area contributed by atoms with Crippen LogP contribution in [0.25, 0.3) is 0 Å². The Morgan fingerprint density at radius 3 is 2.11 bits per heavy atom. The summed E-state index contributed by atoms with van der Waals surface area (Å²) < 4.78 is 27.7. The lowest BCUT2D eigenvalue weighted by atomic mass is 10.3. The van der Waals surface area contributed by atoms with Crippen LogP contribution in [0.3, 0.4) is 0 Å². The second-order valence-electron chi connectivity index (χ2n) is 3.40. The number of benzene rings is 1. The minimum absolute atomic E-state index is 0.320. The summed E-state index contributed by atoms with van der Waals surface area (Å²) in [6.45, 7) is 4.40. The summed E-state index contributed by atoms with van der Waals surface area (Å²) in [7, 11) is -1.35. The molecular weight excluding hydrogens is 271 g/mol. The molecule has 0 amide bonds. The van der Waals surface area contributed by atoms with Crippen LogP contribution in [0.4, 0.5) is 0 Å². The molecule has 0 heterocycles. The van der Waals surface area contributed by atoms with E-state index < -0.39 is 7.60 Å². The van der Waals surface area contributed by atoms with Crippen LogP contribution >= 0.6 is 19.4 Å². The van der Waals surface area contributed by atoms with Crippen LogP contribution in [0.15, 0.2) is 29.2 Å². The van der Waals surface area contributed by atoms with E-state index in [0.29, 0.717) is 18.7 Å². The predicted octanol–water partition coefficient (Wildman–Crippen LogP) is 4.01. The predicted molar refractivity (Wildman–Crippen MR) is 74.6 cm³/mol. The van der Waals surface area contributed by atoms with E-state index in [9.17, 15) is 4.57 Å². The molecular formula is C12H19O4PS. The molecule has 0 aliphatic carbocycles. The van der Waals surface area contributed by atoms with E-state index in [0.717, 1.165) is 10.6 Å². The number of hydrogen-bond acceptors (Lipinski definition) is 5. The molecule has 0 aromatic heterocycles. The van der Waals surface area contributed by atoms with Crippen molar-refractivity contribution in [2.24, 2.45) is 0 Å². The smallest absolute Gasteiger partial charge is 0.340 e. The van der Waals surface area contributed by atoms with Crippen LogP contribution in [0.1, 0.15) is 13.8 Å². The molecule has 1 aromatic rings. The first-order valence-electron chi connectivity index (χ1n) is 5.78. The van der Waals surface area contributed by atoms with Gasteiger partial charge in [0.2, 0.25) is 0 Å². The molecule has 0 unspecified atom stereocenters. The van der Waals surface area contributed by atoms with Gasteiger partial charge in [-0.15, -0.1) is 11.8 Å². The maximum Gasteiger partial charge on any atom is 0.340 e. The minimum Gasteiger partial charge on any atom is -0.497 e. The van der Waals surface area contributed by atoms with Gasteiger partial charge in [0.1, 0.15) is 11.2 Å². The average molecular weight is 290 g/mol. The third-order valence-electron chi connectivity index (χ3n) is 2.10. The lowest BCUT2D eigenvalue weighted by molar-refractivity contribution is 0.224. The molecule has 0 saturated heterocycles. The SMILES string of the molecule is CCOP(=O)(CSc1ccc(OC)cc1)OCC. The van der Waals surface area contributed by atoms with Crippen molar-refractivity contribution < 1.29 is 18.3 Å². The Hall–Kier alpha value is -0.480. The summed E-state index contributed by atoms with van der Waals surface area (Å²) in [4.78, 5) is 1.01. The zero-order valence-electron chi connectivity index (χ0n) is 10.9. The van der Waals surface area contributed by atoms with Crippen LogP contribution in [-0.2, 0) is 13.6 Å². The van der Waals surface area contributed by atoms with E-state index in [1.54, 1.807) is 7.11 Å². The van der Waals surface area contributed by atoms with E-state index in [1.165, 1.54) is 11.8 Å². The Morgan fingerprint density at radius 2 is 1.67 bits per heavy atom. The summed E-state index contributed by atoms with van der Waals surface area (Å²) in [6, 6.07) is 7.58. The van der Waals surface area contributed by atoms with Gasteiger partial charge in [-0.05, 0) is 38.1 Å². The lowest BCUT2D eigenvalue weighted by Gasteiger charge is -2.16. The number of hydrogen-bond donors (Lipinski definition) is 0. The highest BCUT2D eigenvalue weighted by molar-refractivity contribution is 8.04. The van der Waals surface area contributed by atoms with Gasteiger partial charge in [0.25, 0.3) is 0 Å². The van der Waals surface area contributed by atoms with Gasteiger partial charge >= 0.3 is 7.60 Å². The molecule has 0 spiro atoms. The second kappa shape index (κ2) is 7.85.